The maximum Gasteiger partial charge on any atom is 0.239 e. The Kier molecular flexibility index (Phi) is 4.82. The van der Waals surface area contributed by atoms with E-state index in [0.29, 0.717) is 0 Å². The first-order chi connectivity index (χ1) is 7.11. The van der Waals surface area contributed by atoms with Crippen LogP contribution in [0, 0.1) is 0 Å². The van der Waals surface area contributed by atoms with Gasteiger partial charge in [-0.3, -0.25) is 4.79 Å². The normalized spacial score (nSPS) is 18.7. The summed E-state index contributed by atoms with van der Waals surface area (Å²) in [5.41, 5.74) is 1.06. The van der Waals surface area contributed by atoms with Gasteiger partial charge in [0.25, 0.3) is 0 Å². The fourth-order valence-electron chi connectivity index (χ4n) is 1.80. The minimum atomic E-state index is -0.0835. The van der Waals surface area contributed by atoms with Crippen LogP contribution in [-0.4, -0.2) is 36.5 Å². The fourth-order valence-corrected chi connectivity index (χ4v) is 1.80. The Hall–Kier alpha value is -0.830. The van der Waals surface area contributed by atoms with E-state index in [2.05, 4.69) is 11.9 Å². The van der Waals surface area contributed by atoms with Crippen LogP contribution in [0.3, 0.4) is 0 Å². The largest absolute Gasteiger partial charge is 0.341 e. The molecule has 3 nitrogen and oxygen atoms in total. The quantitative estimate of drug-likeness (QED) is 0.714. The smallest absolute Gasteiger partial charge is 0.239 e. The average Bonchev–Trinajstić information content (AvgIpc) is 2.26. The third-order valence-electron chi connectivity index (χ3n) is 2.75. The minimum Gasteiger partial charge on any atom is -0.341 e. The molecule has 1 amide bonds. The van der Waals surface area contributed by atoms with E-state index in [1.165, 1.54) is 6.42 Å². The van der Waals surface area contributed by atoms with Crippen molar-refractivity contribution in [2.75, 3.05) is 19.6 Å². The highest BCUT2D eigenvalue weighted by Gasteiger charge is 2.21. The highest BCUT2D eigenvalue weighted by molar-refractivity contribution is 5.81. The zero-order valence-corrected chi connectivity index (χ0v) is 9.88. The van der Waals surface area contributed by atoms with Crippen molar-refractivity contribution in [2.24, 2.45) is 0 Å². The molecule has 0 aromatic carbocycles. The topological polar surface area (TPSA) is 32.3 Å². The molecule has 1 fully saturated rings. The first-order valence-electron chi connectivity index (χ1n) is 5.78. The Balaban J connectivity index is 2.33. The summed E-state index contributed by atoms with van der Waals surface area (Å²) in [5, 5.41) is 3.19. The molecule has 86 valence electrons. The number of likely N-dealkylation sites (tertiary alicyclic amines) is 1. The molecular formula is C12H22N2O. The molecule has 0 radical (unpaired) electrons. The van der Waals surface area contributed by atoms with Crippen molar-refractivity contribution in [1.82, 2.24) is 10.2 Å². The third kappa shape index (κ3) is 4.04. The van der Waals surface area contributed by atoms with E-state index in [4.69, 9.17) is 0 Å². The summed E-state index contributed by atoms with van der Waals surface area (Å²) in [6, 6.07) is -0.0835. The van der Waals surface area contributed by atoms with E-state index in [9.17, 15) is 4.79 Å². The maximum atomic E-state index is 11.9. The number of nitrogens with one attached hydrogen (secondary N) is 1. The number of piperidine rings is 1. The number of carbonyl (C=O) groups is 1. The number of rotatable bonds is 4. The Morgan fingerprint density at radius 2 is 2.00 bits per heavy atom. The molecular weight excluding hydrogens is 188 g/mol. The van der Waals surface area contributed by atoms with Gasteiger partial charge in [-0.2, -0.15) is 0 Å². The minimum absolute atomic E-state index is 0.0835. The van der Waals surface area contributed by atoms with Crippen molar-refractivity contribution in [2.45, 2.75) is 39.2 Å². The second kappa shape index (κ2) is 5.91. The molecule has 0 aliphatic carbocycles. The van der Waals surface area contributed by atoms with Crippen molar-refractivity contribution in [1.29, 1.82) is 0 Å². The molecule has 15 heavy (non-hydrogen) atoms. The van der Waals surface area contributed by atoms with Crippen molar-refractivity contribution >= 4 is 5.91 Å². The van der Waals surface area contributed by atoms with Crippen molar-refractivity contribution in [3.8, 4) is 0 Å². The summed E-state index contributed by atoms with van der Waals surface area (Å²) in [4.78, 5) is 13.9. The molecule has 1 N–H and O–H groups in total. The molecule has 1 atom stereocenters. The molecule has 0 aromatic heterocycles. The van der Waals surface area contributed by atoms with Crippen molar-refractivity contribution < 1.29 is 4.79 Å². The van der Waals surface area contributed by atoms with Crippen molar-refractivity contribution in [3.63, 3.8) is 0 Å². The zero-order valence-electron chi connectivity index (χ0n) is 9.88. The number of hydrogen-bond donors (Lipinski definition) is 1. The summed E-state index contributed by atoms with van der Waals surface area (Å²) < 4.78 is 0. The van der Waals surface area contributed by atoms with Gasteiger partial charge in [-0.05, 0) is 33.1 Å². The van der Waals surface area contributed by atoms with Crippen molar-refractivity contribution in [3.05, 3.63) is 12.2 Å². The molecule has 0 saturated carbocycles. The highest BCUT2D eigenvalue weighted by Crippen LogP contribution is 2.09. The molecule has 0 spiro atoms. The second-order valence-electron chi connectivity index (χ2n) is 4.45. The second-order valence-corrected chi connectivity index (χ2v) is 4.45. The van der Waals surface area contributed by atoms with E-state index in [1.54, 1.807) is 0 Å². The molecule has 1 heterocycles. The summed E-state index contributed by atoms with van der Waals surface area (Å²) in [7, 11) is 0. The lowest BCUT2D eigenvalue weighted by molar-refractivity contribution is -0.133. The molecule has 3 heteroatoms. The van der Waals surface area contributed by atoms with Crippen LogP contribution in [0.25, 0.3) is 0 Å². The van der Waals surface area contributed by atoms with Crippen LogP contribution in [0.15, 0.2) is 12.2 Å². The van der Waals surface area contributed by atoms with Gasteiger partial charge in [0, 0.05) is 19.6 Å². The molecule has 1 aliphatic heterocycles. The molecule has 0 bridgehead atoms. The molecule has 1 aliphatic rings. The summed E-state index contributed by atoms with van der Waals surface area (Å²) in [6.45, 7) is 10.3. The van der Waals surface area contributed by atoms with Gasteiger partial charge in [0.15, 0.2) is 0 Å². The van der Waals surface area contributed by atoms with E-state index in [1.807, 2.05) is 18.7 Å². The van der Waals surface area contributed by atoms with Gasteiger partial charge in [-0.25, -0.2) is 0 Å². The van der Waals surface area contributed by atoms with Crippen LogP contribution in [0.2, 0.25) is 0 Å². The van der Waals surface area contributed by atoms with E-state index in [-0.39, 0.29) is 11.9 Å². The van der Waals surface area contributed by atoms with E-state index in [0.717, 1.165) is 38.0 Å². The van der Waals surface area contributed by atoms with Gasteiger partial charge in [-0.15, -0.1) is 0 Å². The van der Waals surface area contributed by atoms with E-state index < -0.39 is 0 Å². The van der Waals surface area contributed by atoms with E-state index >= 15 is 0 Å². The molecule has 1 saturated heterocycles. The summed E-state index contributed by atoms with van der Waals surface area (Å²) in [6.07, 6.45) is 3.56. The summed E-state index contributed by atoms with van der Waals surface area (Å²) >= 11 is 0. The number of carbonyl (C=O) groups excluding carboxylic acids is 1. The fraction of sp³-hybridized carbons (Fsp3) is 0.750. The van der Waals surface area contributed by atoms with Gasteiger partial charge >= 0.3 is 0 Å². The zero-order chi connectivity index (χ0) is 11.3. The first-order valence-corrected chi connectivity index (χ1v) is 5.78. The number of nitrogens with zero attached hydrogens (tertiary/aromatic N) is 1. The van der Waals surface area contributed by atoms with Gasteiger partial charge in [0.2, 0.25) is 5.91 Å². The Labute approximate surface area is 92.5 Å². The standard InChI is InChI=1S/C12H22N2O/c1-10(2)9-13-11(3)12(15)14-7-5-4-6-8-14/h11,13H,1,4-9H2,2-3H3. The molecule has 1 rings (SSSR count). The highest BCUT2D eigenvalue weighted by atomic mass is 16.2. The average molecular weight is 210 g/mol. The van der Waals surface area contributed by atoms with Crippen LogP contribution < -0.4 is 5.32 Å². The number of hydrogen-bond acceptors (Lipinski definition) is 2. The summed E-state index contributed by atoms with van der Waals surface area (Å²) in [5.74, 6) is 0.232. The van der Waals surface area contributed by atoms with Crippen LogP contribution in [-0.2, 0) is 4.79 Å². The number of amides is 1. The Morgan fingerprint density at radius 3 is 2.53 bits per heavy atom. The van der Waals surface area contributed by atoms with Crippen LogP contribution in [0.1, 0.15) is 33.1 Å². The first kappa shape index (κ1) is 12.2. The SMILES string of the molecule is C=C(C)CNC(C)C(=O)N1CCCCC1. The predicted molar refractivity (Wildman–Crippen MR) is 62.7 cm³/mol. The van der Waals surface area contributed by atoms with Gasteiger partial charge in [0.1, 0.15) is 0 Å². The third-order valence-corrected chi connectivity index (χ3v) is 2.75. The monoisotopic (exact) mass is 210 g/mol. The van der Waals surface area contributed by atoms with Crippen LogP contribution in [0.5, 0.6) is 0 Å². The Morgan fingerprint density at radius 1 is 1.40 bits per heavy atom. The maximum absolute atomic E-state index is 11.9. The molecule has 0 aromatic rings. The van der Waals surface area contributed by atoms with Crippen LogP contribution in [0.4, 0.5) is 0 Å². The lowest BCUT2D eigenvalue weighted by atomic mass is 10.1. The lowest BCUT2D eigenvalue weighted by Crippen LogP contribution is -2.47. The van der Waals surface area contributed by atoms with Gasteiger partial charge < -0.3 is 10.2 Å². The van der Waals surface area contributed by atoms with Crippen LogP contribution >= 0.6 is 0 Å². The van der Waals surface area contributed by atoms with Gasteiger partial charge in [-0.1, -0.05) is 12.2 Å². The van der Waals surface area contributed by atoms with Gasteiger partial charge in [0.05, 0.1) is 6.04 Å². The predicted octanol–water partition coefficient (Wildman–Crippen LogP) is 1.55. The Bertz CT molecular complexity index is 232. The molecule has 1 unspecified atom stereocenters. The lowest BCUT2D eigenvalue weighted by Gasteiger charge is -2.29.